The number of aromatic nitrogens is 2. The molecule has 9 heteroatoms. The molecule has 0 aliphatic rings. The molecule has 0 fully saturated rings. The predicted molar refractivity (Wildman–Crippen MR) is 106 cm³/mol. The molecule has 1 aromatic heterocycles. The number of halogens is 2. The van der Waals surface area contributed by atoms with Gasteiger partial charge < -0.3 is 24.3 Å². The molecule has 0 saturated heterocycles. The molecule has 0 atom stereocenters. The number of rotatable bonds is 9. The monoisotopic (exact) mass is 423 g/mol. The van der Waals surface area contributed by atoms with E-state index in [1.54, 1.807) is 18.2 Å². The van der Waals surface area contributed by atoms with E-state index in [-0.39, 0.29) is 25.1 Å². The Balaban J connectivity index is 1.69. The van der Waals surface area contributed by atoms with Crippen LogP contribution in [-0.4, -0.2) is 21.9 Å². The number of benzene rings is 2. The minimum Gasteiger partial charge on any atom is -0.490 e. The van der Waals surface area contributed by atoms with Gasteiger partial charge in [-0.05, 0) is 36.8 Å². The van der Waals surface area contributed by atoms with Crippen molar-refractivity contribution in [2.24, 2.45) is 0 Å². The Hall–Kier alpha value is -2.48. The van der Waals surface area contributed by atoms with Gasteiger partial charge in [0, 0.05) is 22.2 Å². The van der Waals surface area contributed by atoms with E-state index in [1.165, 1.54) is 0 Å². The average Bonchev–Trinajstić information content (AvgIpc) is 3.15. The fraction of sp³-hybridized carbons (Fsp3) is 0.263. The molecule has 3 aromatic rings. The Kier molecular flexibility index (Phi) is 6.97. The summed E-state index contributed by atoms with van der Waals surface area (Å²) in [5.74, 6) is 1.34. The van der Waals surface area contributed by atoms with Crippen molar-refractivity contribution in [2.75, 3.05) is 11.9 Å². The zero-order valence-electron chi connectivity index (χ0n) is 15.1. The fourth-order valence-corrected chi connectivity index (χ4v) is 2.94. The van der Waals surface area contributed by atoms with Crippen LogP contribution >= 0.6 is 23.2 Å². The Bertz CT molecular complexity index is 913. The summed E-state index contributed by atoms with van der Waals surface area (Å²) in [5.41, 5.74) is 1.64. The summed E-state index contributed by atoms with van der Waals surface area (Å²) in [6, 6.07) is 11.1. The molecule has 2 N–H and O–H groups in total. The molecule has 28 heavy (non-hydrogen) atoms. The molecular formula is C19H19Cl2N3O4. The number of ether oxygens (including phenoxy) is 2. The summed E-state index contributed by atoms with van der Waals surface area (Å²) >= 11 is 12.4. The van der Waals surface area contributed by atoms with Crippen molar-refractivity contribution in [2.45, 2.75) is 26.7 Å². The van der Waals surface area contributed by atoms with Gasteiger partial charge in [0.2, 0.25) is 5.89 Å². The lowest BCUT2D eigenvalue weighted by Gasteiger charge is -2.14. The van der Waals surface area contributed by atoms with Crippen LogP contribution in [0.4, 0.5) is 6.01 Å². The number of aliphatic hydroxyl groups excluding tert-OH is 1. The first-order chi connectivity index (χ1) is 13.6. The molecule has 2 aromatic carbocycles. The Morgan fingerprint density at radius 2 is 1.86 bits per heavy atom. The first-order valence-electron chi connectivity index (χ1n) is 8.59. The van der Waals surface area contributed by atoms with Gasteiger partial charge >= 0.3 is 6.01 Å². The second-order valence-electron chi connectivity index (χ2n) is 5.72. The van der Waals surface area contributed by atoms with Gasteiger partial charge in [-0.2, -0.15) is 0 Å². The molecule has 148 valence electrons. The van der Waals surface area contributed by atoms with E-state index < -0.39 is 0 Å². The third kappa shape index (κ3) is 5.07. The van der Waals surface area contributed by atoms with E-state index in [9.17, 15) is 0 Å². The second kappa shape index (κ2) is 9.64. The summed E-state index contributed by atoms with van der Waals surface area (Å²) in [6.45, 7) is 2.74. The number of hydrogen-bond acceptors (Lipinski definition) is 7. The van der Waals surface area contributed by atoms with Crippen molar-refractivity contribution >= 4 is 29.2 Å². The lowest BCUT2D eigenvalue weighted by atomic mass is 10.2. The van der Waals surface area contributed by atoms with Crippen molar-refractivity contribution in [3.63, 3.8) is 0 Å². The minimum atomic E-state index is -0.301. The lowest BCUT2D eigenvalue weighted by Crippen LogP contribution is -2.03. The Morgan fingerprint density at radius 3 is 2.54 bits per heavy atom. The van der Waals surface area contributed by atoms with Crippen molar-refractivity contribution in [3.8, 4) is 11.5 Å². The highest BCUT2D eigenvalue weighted by molar-refractivity contribution is 6.35. The normalized spacial score (nSPS) is 10.7. The predicted octanol–water partition coefficient (Wildman–Crippen LogP) is 4.46. The SMILES string of the molecule is CCOc1cc(CNc2nnc(CO)o2)ccc1OCc1c(Cl)cccc1Cl. The number of nitrogens with one attached hydrogen (secondary N) is 1. The standard InChI is InChI=1S/C19H19Cl2N3O4/c1-2-26-17-8-12(9-22-19-24-23-18(10-25)28-19)6-7-16(17)27-11-13-14(20)4-3-5-15(13)21/h3-8,25H,2,9-11H2,1H3,(H,22,24). The van der Waals surface area contributed by atoms with Gasteiger partial charge in [0.05, 0.1) is 6.61 Å². The Morgan fingerprint density at radius 1 is 1.07 bits per heavy atom. The summed E-state index contributed by atoms with van der Waals surface area (Å²) in [4.78, 5) is 0. The van der Waals surface area contributed by atoms with Crippen molar-refractivity contribution in [1.82, 2.24) is 10.2 Å². The molecule has 0 amide bonds. The van der Waals surface area contributed by atoms with Crippen LogP contribution in [0.3, 0.4) is 0 Å². The van der Waals surface area contributed by atoms with E-state index in [1.807, 2.05) is 25.1 Å². The third-order valence-electron chi connectivity index (χ3n) is 3.79. The van der Waals surface area contributed by atoms with Gasteiger partial charge in [-0.1, -0.05) is 40.4 Å². The molecule has 1 heterocycles. The molecule has 0 aliphatic carbocycles. The van der Waals surface area contributed by atoms with Crippen LogP contribution in [0.2, 0.25) is 10.0 Å². The van der Waals surface area contributed by atoms with Crippen LogP contribution < -0.4 is 14.8 Å². The maximum Gasteiger partial charge on any atom is 0.315 e. The van der Waals surface area contributed by atoms with Crippen molar-refractivity contribution in [1.29, 1.82) is 0 Å². The highest BCUT2D eigenvalue weighted by Crippen LogP contribution is 2.32. The maximum atomic E-state index is 8.96. The smallest absolute Gasteiger partial charge is 0.315 e. The van der Waals surface area contributed by atoms with Crippen molar-refractivity contribution < 1.29 is 19.0 Å². The van der Waals surface area contributed by atoms with E-state index in [0.29, 0.717) is 34.7 Å². The molecular weight excluding hydrogens is 405 g/mol. The first kappa shape index (κ1) is 20.3. The largest absolute Gasteiger partial charge is 0.490 e. The summed E-state index contributed by atoms with van der Waals surface area (Å²) in [5, 5.41) is 20.5. The summed E-state index contributed by atoms with van der Waals surface area (Å²) in [7, 11) is 0. The zero-order chi connectivity index (χ0) is 19.9. The fourth-order valence-electron chi connectivity index (χ4n) is 2.44. The molecule has 0 aliphatic heterocycles. The third-order valence-corrected chi connectivity index (χ3v) is 4.50. The lowest BCUT2D eigenvalue weighted by molar-refractivity contribution is 0.241. The average molecular weight is 424 g/mol. The van der Waals surface area contributed by atoms with E-state index in [0.717, 1.165) is 11.1 Å². The van der Waals surface area contributed by atoms with Gasteiger partial charge in [-0.15, -0.1) is 5.10 Å². The van der Waals surface area contributed by atoms with Gasteiger partial charge in [-0.3, -0.25) is 0 Å². The van der Waals surface area contributed by atoms with Gasteiger partial charge in [0.15, 0.2) is 11.5 Å². The number of aliphatic hydroxyl groups is 1. The summed E-state index contributed by atoms with van der Waals surface area (Å²) < 4.78 is 16.8. The van der Waals surface area contributed by atoms with Crippen LogP contribution in [0.1, 0.15) is 23.9 Å². The van der Waals surface area contributed by atoms with E-state index >= 15 is 0 Å². The summed E-state index contributed by atoms with van der Waals surface area (Å²) in [6.07, 6.45) is 0. The van der Waals surface area contributed by atoms with Gasteiger partial charge in [-0.25, -0.2) is 0 Å². The number of anilines is 1. The number of nitrogens with zero attached hydrogens (tertiary/aromatic N) is 2. The van der Waals surface area contributed by atoms with Crippen LogP contribution in [0.15, 0.2) is 40.8 Å². The highest BCUT2D eigenvalue weighted by atomic mass is 35.5. The van der Waals surface area contributed by atoms with E-state index in [4.69, 9.17) is 42.2 Å². The first-order valence-corrected chi connectivity index (χ1v) is 9.34. The maximum absolute atomic E-state index is 8.96. The second-order valence-corrected chi connectivity index (χ2v) is 6.53. The molecule has 0 saturated carbocycles. The van der Waals surface area contributed by atoms with E-state index in [2.05, 4.69) is 15.5 Å². The molecule has 0 spiro atoms. The minimum absolute atomic E-state index is 0.152. The molecule has 3 rings (SSSR count). The van der Waals surface area contributed by atoms with Crippen molar-refractivity contribution in [3.05, 3.63) is 63.5 Å². The van der Waals surface area contributed by atoms with Gasteiger partial charge in [0.1, 0.15) is 13.2 Å². The highest BCUT2D eigenvalue weighted by Gasteiger charge is 2.11. The zero-order valence-corrected chi connectivity index (χ0v) is 16.6. The van der Waals surface area contributed by atoms with Crippen LogP contribution in [0.25, 0.3) is 0 Å². The molecule has 0 radical (unpaired) electrons. The van der Waals surface area contributed by atoms with Crippen LogP contribution in [0, 0.1) is 0 Å². The molecule has 7 nitrogen and oxygen atoms in total. The Labute approximate surface area is 172 Å². The van der Waals surface area contributed by atoms with Gasteiger partial charge in [0.25, 0.3) is 0 Å². The van der Waals surface area contributed by atoms with Crippen LogP contribution in [-0.2, 0) is 19.8 Å². The quantitative estimate of drug-likeness (QED) is 0.524. The van der Waals surface area contributed by atoms with Crippen LogP contribution in [0.5, 0.6) is 11.5 Å². The molecule has 0 bridgehead atoms. The topological polar surface area (TPSA) is 89.6 Å². The molecule has 0 unspecified atom stereocenters. The number of hydrogen-bond donors (Lipinski definition) is 2.